The zero-order valence-corrected chi connectivity index (χ0v) is 18.5. The second kappa shape index (κ2) is 9.50. The molecule has 0 spiro atoms. The van der Waals surface area contributed by atoms with Crippen LogP contribution >= 0.6 is 54.8 Å². The van der Waals surface area contributed by atoms with Gasteiger partial charge in [-0.05, 0) is 78.7 Å². The van der Waals surface area contributed by atoms with Crippen molar-refractivity contribution in [3.63, 3.8) is 0 Å². The lowest BCUT2D eigenvalue weighted by molar-refractivity contribution is 0.0959. The first-order chi connectivity index (χ1) is 13.0. The number of hydrazone groups is 1. The number of hydrogen-bond donors (Lipinski definition) is 1. The third kappa shape index (κ3) is 5.65. The molecule has 3 rings (SSSR count). The van der Waals surface area contributed by atoms with E-state index in [2.05, 4.69) is 42.4 Å². The Morgan fingerprint density at radius 2 is 1.89 bits per heavy atom. The third-order valence-corrected chi connectivity index (χ3v) is 5.74. The van der Waals surface area contributed by atoms with Crippen molar-refractivity contribution in [3.05, 3.63) is 83.9 Å². The van der Waals surface area contributed by atoms with Crippen LogP contribution in [0.3, 0.4) is 0 Å². The maximum Gasteiger partial charge on any atom is 0.281 e. The first-order valence-corrected chi connectivity index (χ1v) is 10.6. The molecule has 0 atom stereocenters. The molecule has 1 heterocycles. The van der Waals surface area contributed by atoms with E-state index in [1.807, 2.05) is 47.8 Å². The highest BCUT2D eigenvalue weighted by atomic mass is 79.9. The molecule has 0 saturated carbocycles. The van der Waals surface area contributed by atoms with Crippen LogP contribution in [0.5, 0.6) is 5.75 Å². The summed E-state index contributed by atoms with van der Waals surface area (Å²) in [5, 5.41) is 6.53. The molecular formula is C19H13Br2ClN2O2S. The van der Waals surface area contributed by atoms with E-state index >= 15 is 0 Å². The molecule has 138 valence electrons. The number of amides is 1. The normalized spacial score (nSPS) is 10.9. The van der Waals surface area contributed by atoms with Crippen molar-refractivity contribution in [3.8, 4) is 5.75 Å². The number of ether oxygens (including phenoxy) is 1. The minimum absolute atomic E-state index is 0.234. The number of hydrogen-bond acceptors (Lipinski definition) is 4. The molecule has 0 aliphatic carbocycles. The molecule has 0 saturated heterocycles. The molecule has 0 radical (unpaired) electrons. The van der Waals surface area contributed by atoms with Crippen molar-refractivity contribution in [2.45, 2.75) is 6.61 Å². The summed E-state index contributed by atoms with van der Waals surface area (Å²) in [6.45, 7) is 0.415. The zero-order valence-electron chi connectivity index (χ0n) is 13.8. The Morgan fingerprint density at radius 3 is 2.52 bits per heavy atom. The van der Waals surface area contributed by atoms with Crippen molar-refractivity contribution in [1.82, 2.24) is 5.43 Å². The molecule has 1 aromatic heterocycles. The zero-order chi connectivity index (χ0) is 19.2. The number of rotatable bonds is 6. The van der Waals surface area contributed by atoms with E-state index < -0.39 is 0 Å². The van der Waals surface area contributed by atoms with Gasteiger partial charge in [-0.2, -0.15) is 5.10 Å². The van der Waals surface area contributed by atoms with Crippen LogP contribution in [0.2, 0.25) is 5.02 Å². The first kappa shape index (κ1) is 20.1. The van der Waals surface area contributed by atoms with Gasteiger partial charge in [-0.25, -0.2) is 5.43 Å². The monoisotopic (exact) mass is 526 g/mol. The predicted molar refractivity (Wildman–Crippen MR) is 117 cm³/mol. The van der Waals surface area contributed by atoms with Crippen LogP contribution in [0.4, 0.5) is 0 Å². The smallest absolute Gasteiger partial charge is 0.281 e. The predicted octanol–water partition coefficient (Wildman–Crippen LogP) is 6.27. The van der Waals surface area contributed by atoms with E-state index in [1.165, 1.54) is 11.3 Å². The number of thiophene rings is 1. The minimum Gasteiger partial charge on any atom is -0.487 e. The molecular weight excluding hydrogens is 516 g/mol. The summed E-state index contributed by atoms with van der Waals surface area (Å²) in [5.41, 5.74) is 4.33. The minimum atomic E-state index is -0.234. The first-order valence-electron chi connectivity index (χ1n) is 7.76. The van der Waals surface area contributed by atoms with Gasteiger partial charge in [-0.15, -0.1) is 11.3 Å². The van der Waals surface area contributed by atoms with Crippen LogP contribution in [0.15, 0.2) is 68.0 Å². The number of halogens is 3. The molecule has 0 aliphatic heterocycles. The van der Waals surface area contributed by atoms with E-state index in [1.54, 1.807) is 12.3 Å². The fraction of sp³-hybridized carbons (Fsp3) is 0.0526. The van der Waals surface area contributed by atoms with Gasteiger partial charge in [0.05, 0.1) is 20.0 Å². The second-order valence-electron chi connectivity index (χ2n) is 5.41. The van der Waals surface area contributed by atoms with E-state index in [0.717, 1.165) is 20.1 Å². The quantitative estimate of drug-likeness (QED) is 0.303. The highest BCUT2D eigenvalue weighted by molar-refractivity contribution is 9.11. The lowest BCUT2D eigenvalue weighted by Gasteiger charge is -2.11. The molecule has 27 heavy (non-hydrogen) atoms. The Balaban J connectivity index is 1.64. The van der Waals surface area contributed by atoms with Gasteiger partial charge in [0.15, 0.2) is 0 Å². The molecule has 3 aromatic rings. The number of nitrogens with zero attached hydrogens (tertiary/aromatic N) is 1. The van der Waals surface area contributed by atoms with Gasteiger partial charge < -0.3 is 4.74 Å². The van der Waals surface area contributed by atoms with Crippen molar-refractivity contribution in [1.29, 1.82) is 0 Å². The Bertz CT molecular complexity index is 937. The van der Waals surface area contributed by atoms with Gasteiger partial charge in [-0.3, -0.25) is 4.79 Å². The van der Waals surface area contributed by atoms with Crippen LogP contribution in [0, 0.1) is 0 Å². The molecule has 0 unspecified atom stereocenters. The largest absolute Gasteiger partial charge is 0.487 e. The Hall–Kier alpha value is -1.67. The number of benzene rings is 2. The summed E-state index contributed by atoms with van der Waals surface area (Å²) in [6.07, 6.45) is 1.57. The van der Waals surface area contributed by atoms with Crippen LogP contribution in [-0.4, -0.2) is 12.1 Å². The van der Waals surface area contributed by atoms with Gasteiger partial charge in [-0.1, -0.05) is 29.8 Å². The Labute approximate surface area is 182 Å². The summed E-state index contributed by atoms with van der Waals surface area (Å²) in [4.78, 5) is 12.5. The fourth-order valence-corrected chi connectivity index (χ4v) is 4.35. The van der Waals surface area contributed by atoms with E-state index in [4.69, 9.17) is 16.3 Å². The Morgan fingerprint density at radius 1 is 1.19 bits per heavy atom. The molecule has 2 aromatic carbocycles. The topological polar surface area (TPSA) is 50.7 Å². The van der Waals surface area contributed by atoms with Gasteiger partial charge in [0, 0.05) is 5.02 Å². The summed E-state index contributed by atoms with van der Waals surface area (Å²) >= 11 is 14.3. The summed E-state index contributed by atoms with van der Waals surface area (Å²) < 4.78 is 7.44. The number of carbonyl (C=O) groups is 1. The standard InChI is InChI=1S/C19H13Br2ClN2O2S/c20-15-8-13(10-23-24-19(25)17-2-1-7-27-17)9-16(21)18(15)26-11-12-3-5-14(22)6-4-12/h1-10H,11H2,(H,24,25)/b23-10-. The lowest BCUT2D eigenvalue weighted by atomic mass is 10.2. The van der Waals surface area contributed by atoms with E-state index in [0.29, 0.717) is 22.3 Å². The van der Waals surface area contributed by atoms with Crippen molar-refractivity contribution in [2.24, 2.45) is 5.10 Å². The van der Waals surface area contributed by atoms with Crippen LogP contribution in [0.25, 0.3) is 0 Å². The van der Waals surface area contributed by atoms with E-state index in [-0.39, 0.29) is 5.91 Å². The summed E-state index contributed by atoms with van der Waals surface area (Å²) in [6, 6.07) is 14.8. The molecule has 0 fully saturated rings. The number of nitrogens with one attached hydrogen (secondary N) is 1. The van der Waals surface area contributed by atoms with Crippen molar-refractivity contribution < 1.29 is 9.53 Å². The molecule has 8 heteroatoms. The van der Waals surface area contributed by atoms with Crippen LogP contribution < -0.4 is 10.2 Å². The molecule has 4 nitrogen and oxygen atoms in total. The Kier molecular flexibility index (Phi) is 7.07. The van der Waals surface area contributed by atoms with Gasteiger partial charge in [0.2, 0.25) is 0 Å². The average Bonchev–Trinajstić information content (AvgIpc) is 3.17. The molecule has 1 amide bonds. The van der Waals surface area contributed by atoms with Gasteiger partial charge >= 0.3 is 0 Å². The van der Waals surface area contributed by atoms with Crippen molar-refractivity contribution in [2.75, 3.05) is 0 Å². The van der Waals surface area contributed by atoms with Crippen LogP contribution in [0.1, 0.15) is 20.8 Å². The van der Waals surface area contributed by atoms with Crippen LogP contribution in [-0.2, 0) is 6.61 Å². The second-order valence-corrected chi connectivity index (χ2v) is 8.50. The van der Waals surface area contributed by atoms with Gasteiger partial charge in [0.1, 0.15) is 12.4 Å². The molecule has 0 aliphatic rings. The maximum atomic E-state index is 11.9. The molecule has 0 bridgehead atoms. The van der Waals surface area contributed by atoms with E-state index in [9.17, 15) is 4.79 Å². The lowest BCUT2D eigenvalue weighted by Crippen LogP contribution is -2.16. The number of carbonyl (C=O) groups excluding carboxylic acids is 1. The van der Waals surface area contributed by atoms with Crippen molar-refractivity contribution >= 4 is 66.9 Å². The fourth-order valence-electron chi connectivity index (χ4n) is 2.16. The summed E-state index contributed by atoms with van der Waals surface area (Å²) in [7, 11) is 0. The average molecular weight is 529 g/mol. The highest BCUT2D eigenvalue weighted by Gasteiger charge is 2.09. The highest BCUT2D eigenvalue weighted by Crippen LogP contribution is 2.35. The third-order valence-electron chi connectivity index (χ3n) is 3.44. The summed E-state index contributed by atoms with van der Waals surface area (Å²) in [5.74, 6) is 0.451. The molecule has 1 N–H and O–H groups in total. The maximum absolute atomic E-state index is 11.9. The SMILES string of the molecule is O=C(N/N=C\c1cc(Br)c(OCc2ccc(Cl)cc2)c(Br)c1)c1cccs1. The van der Waals surface area contributed by atoms with Gasteiger partial charge in [0.25, 0.3) is 5.91 Å².